The first-order valence-electron chi connectivity index (χ1n) is 12.0. The van der Waals surface area contributed by atoms with E-state index in [9.17, 15) is 14.7 Å². The molecule has 0 aliphatic carbocycles. The zero-order chi connectivity index (χ0) is 25.9. The van der Waals surface area contributed by atoms with Crippen molar-refractivity contribution in [3.63, 3.8) is 0 Å². The number of rotatable bonds is 7. The molecule has 1 fully saturated rings. The summed E-state index contributed by atoms with van der Waals surface area (Å²) in [5.41, 5.74) is 2.00. The highest BCUT2D eigenvalue weighted by Gasteiger charge is 2.46. The standard InChI is InChI=1S/C29H27NO7/c1-34-21-10-8-19(16-23(21)35-2)26-25(27(31)20-9-11-22-24(17-20)37-15-14-36-22)28(32)29(33)30(26)13-12-18-6-4-3-5-7-18/h3-11,16-17,26,31H,12-15H2,1-2H3/b27-25+. The second-order valence-corrected chi connectivity index (χ2v) is 8.70. The molecule has 190 valence electrons. The Morgan fingerprint density at radius 2 is 1.65 bits per heavy atom. The van der Waals surface area contributed by atoms with Gasteiger partial charge in [0.25, 0.3) is 11.7 Å². The van der Waals surface area contributed by atoms with Crippen LogP contribution in [-0.4, -0.2) is 55.7 Å². The fourth-order valence-corrected chi connectivity index (χ4v) is 4.72. The predicted molar refractivity (Wildman–Crippen MR) is 136 cm³/mol. The quantitative estimate of drug-likeness (QED) is 0.295. The Balaban J connectivity index is 1.60. The van der Waals surface area contributed by atoms with Gasteiger partial charge in [0.05, 0.1) is 25.8 Å². The van der Waals surface area contributed by atoms with Crippen LogP contribution in [0.4, 0.5) is 0 Å². The summed E-state index contributed by atoms with van der Waals surface area (Å²) in [6.45, 7) is 1.10. The molecule has 8 nitrogen and oxygen atoms in total. The number of carbonyl (C=O) groups is 2. The minimum absolute atomic E-state index is 0.00181. The zero-order valence-electron chi connectivity index (χ0n) is 20.6. The van der Waals surface area contributed by atoms with Crippen LogP contribution in [0.25, 0.3) is 5.76 Å². The number of methoxy groups -OCH3 is 2. The van der Waals surface area contributed by atoms with Crippen LogP contribution in [0.3, 0.4) is 0 Å². The summed E-state index contributed by atoms with van der Waals surface area (Å²) in [6.07, 6.45) is 0.543. The van der Waals surface area contributed by atoms with Gasteiger partial charge in [-0.05, 0) is 47.9 Å². The summed E-state index contributed by atoms with van der Waals surface area (Å²) in [4.78, 5) is 28.2. The van der Waals surface area contributed by atoms with E-state index in [4.69, 9.17) is 18.9 Å². The zero-order valence-corrected chi connectivity index (χ0v) is 20.6. The van der Waals surface area contributed by atoms with Crippen LogP contribution >= 0.6 is 0 Å². The fourth-order valence-electron chi connectivity index (χ4n) is 4.72. The van der Waals surface area contributed by atoms with Gasteiger partial charge in [0.15, 0.2) is 23.0 Å². The number of ketones is 1. The van der Waals surface area contributed by atoms with Crippen LogP contribution in [-0.2, 0) is 16.0 Å². The SMILES string of the molecule is COc1ccc(C2/C(=C(\O)c3ccc4c(c3)OCCO4)C(=O)C(=O)N2CCc2ccccc2)cc1OC. The molecule has 5 rings (SSSR count). The molecular formula is C29H27NO7. The average Bonchev–Trinajstić information content (AvgIpc) is 3.20. The summed E-state index contributed by atoms with van der Waals surface area (Å²) < 4.78 is 22.1. The number of nitrogens with zero attached hydrogens (tertiary/aromatic N) is 1. The van der Waals surface area contributed by atoms with Gasteiger partial charge in [0, 0.05) is 12.1 Å². The van der Waals surface area contributed by atoms with Crippen molar-refractivity contribution < 1.29 is 33.6 Å². The normalized spacial score (nSPS) is 18.1. The van der Waals surface area contributed by atoms with Crippen molar-refractivity contribution >= 4 is 17.4 Å². The maximum atomic E-state index is 13.4. The molecule has 0 bridgehead atoms. The molecule has 1 saturated heterocycles. The summed E-state index contributed by atoms with van der Waals surface area (Å²) >= 11 is 0. The predicted octanol–water partition coefficient (Wildman–Crippen LogP) is 4.14. The van der Waals surface area contributed by atoms with Gasteiger partial charge < -0.3 is 29.0 Å². The average molecular weight is 502 g/mol. The number of hydrogen-bond donors (Lipinski definition) is 1. The summed E-state index contributed by atoms with van der Waals surface area (Å²) in [6, 6.07) is 19.0. The Morgan fingerprint density at radius 3 is 2.38 bits per heavy atom. The van der Waals surface area contributed by atoms with Crippen molar-refractivity contribution in [3.8, 4) is 23.0 Å². The van der Waals surface area contributed by atoms with Crippen LogP contribution in [0, 0.1) is 0 Å². The largest absolute Gasteiger partial charge is 0.507 e. The fraction of sp³-hybridized carbons (Fsp3) is 0.241. The molecular weight excluding hydrogens is 474 g/mol. The summed E-state index contributed by atoms with van der Waals surface area (Å²) in [5, 5.41) is 11.4. The van der Waals surface area contributed by atoms with Gasteiger partial charge in [0.2, 0.25) is 0 Å². The molecule has 8 heteroatoms. The Kier molecular flexibility index (Phi) is 6.72. The smallest absolute Gasteiger partial charge is 0.295 e. The van der Waals surface area contributed by atoms with Crippen molar-refractivity contribution in [2.75, 3.05) is 34.0 Å². The molecule has 0 saturated carbocycles. The minimum atomic E-state index is -0.822. The monoisotopic (exact) mass is 501 g/mol. The number of aliphatic hydroxyl groups is 1. The van der Waals surface area contributed by atoms with Crippen LogP contribution in [0.15, 0.2) is 72.3 Å². The molecule has 0 aromatic heterocycles. The van der Waals surface area contributed by atoms with Gasteiger partial charge in [-0.15, -0.1) is 0 Å². The van der Waals surface area contributed by atoms with Crippen molar-refractivity contribution in [1.29, 1.82) is 0 Å². The number of fused-ring (bicyclic) bond motifs is 1. The van der Waals surface area contributed by atoms with Crippen molar-refractivity contribution in [1.82, 2.24) is 4.90 Å². The van der Waals surface area contributed by atoms with Gasteiger partial charge >= 0.3 is 0 Å². The second-order valence-electron chi connectivity index (χ2n) is 8.70. The van der Waals surface area contributed by atoms with Crippen LogP contribution in [0.2, 0.25) is 0 Å². The molecule has 1 unspecified atom stereocenters. The maximum Gasteiger partial charge on any atom is 0.295 e. The number of aliphatic hydroxyl groups excluding tert-OH is 1. The van der Waals surface area contributed by atoms with E-state index in [1.807, 2.05) is 30.3 Å². The first kappa shape index (κ1) is 24.2. The topological polar surface area (TPSA) is 94.5 Å². The number of hydrogen-bond acceptors (Lipinski definition) is 7. The van der Waals surface area contributed by atoms with Gasteiger partial charge in [-0.3, -0.25) is 9.59 Å². The highest BCUT2D eigenvalue weighted by atomic mass is 16.6. The van der Waals surface area contributed by atoms with Crippen molar-refractivity contribution in [2.45, 2.75) is 12.5 Å². The number of ether oxygens (including phenoxy) is 4. The molecule has 1 N–H and O–H groups in total. The van der Waals surface area contributed by atoms with E-state index in [-0.39, 0.29) is 17.9 Å². The Bertz CT molecular complexity index is 1370. The lowest BCUT2D eigenvalue weighted by molar-refractivity contribution is -0.139. The van der Waals surface area contributed by atoms with E-state index in [0.29, 0.717) is 53.8 Å². The number of benzene rings is 3. The summed E-state index contributed by atoms with van der Waals surface area (Å²) in [7, 11) is 3.05. The molecule has 3 aromatic carbocycles. The first-order valence-corrected chi connectivity index (χ1v) is 12.0. The molecule has 37 heavy (non-hydrogen) atoms. The van der Waals surface area contributed by atoms with Gasteiger partial charge in [-0.2, -0.15) is 0 Å². The van der Waals surface area contributed by atoms with Crippen molar-refractivity contribution in [3.05, 3.63) is 89.0 Å². The molecule has 1 amide bonds. The third kappa shape index (κ3) is 4.58. The highest BCUT2D eigenvalue weighted by Crippen LogP contribution is 2.43. The molecule has 1 atom stereocenters. The lowest BCUT2D eigenvalue weighted by Gasteiger charge is -2.26. The maximum absolute atomic E-state index is 13.4. The van der Waals surface area contributed by atoms with E-state index < -0.39 is 17.7 Å². The van der Waals surface area contributed by atoms with Crippen LogP contribution < -0.4 is 18.9 Å². The summed E-state index contributed by atoms with van der Waals surface area (Å²) in [5.74, 6) is 0.290. The van der Waals surface area contributed by atoms with Crippen LogP contribution in [0.1, 0.15) is 22.7 Å². The van der Waals surface area contributed by atoms with Crippen molar-refractivity contribution in [2.24, 2.45) is 0 Å². The third-order valence-corrected chi connectivity index (χ3v) is 6.56. The van der Waals surface area contributed by atoms with E-state index in [1.54, 1.807) is 36.4 Å². The molecule has 0 radical (unpaired) electrons. The first-order chi connectivity index (χ1) is 18.0. The van der Waals surface area contributed by atoms with Gasteiger partial charge in [-0.1, -0.05) is 36.4 Å². The van der Waals surface area contributed by atoms with E-state index >= 15 is 0 Å². The molecule has 0 spiro atoms. The van der Waals surface area contributed by atoms with Gasteiger partial charge in [-0.25, -0.2) is 0 Å². The third-order valence-electron chi connectivity index (χ3n) is 6.56. The van der Waals surface area contributed by atoms with E-state index in [2.05, 4.69) is 0 Å². The molecule has 3 aromatic rings. The minimum Gasteiger partial charge on any atom is -0.507 e. The van der Waals surface area contributed by atoms with Crippen LogP contribution in [0.5, 0.6) is 23.0 Å². The molecule has 2 aliphatic heterocycles. The second kappa shape index (κ2) is 10.3. The molecule has 2 heterocycles. The number of amides is 1. The Labute approximate surface area is 214 Å². The number of carbonyl (C=O) groups excluding carboxylic acids is 2. The molecule has 2 aliphatic rings. The highest BCUT2D eigenvalue weighted by molar-refractivity contribution is 6.46. The number of Topliss-reactive ketones (excluding diaryl/α,β-unsaturated/α-hetero) is 1. The van der Waals surface area contributed by atoms with E-state index in [0.717, 1.165) is 5.56 Å². The van der Waals surface area contributed by atoms with E-state index in [1.165, 1.54) is 19.1 Å². The lowest BCUT2D eigenvalue weighted by atomic mass is 9.94. The Hall–Kier alpha value is -4.46. The van der Waals surface area contributed by atoms with Gasteiger partial charge in [0.1, 0.15) is 19.0 Å². The Morgan fingerprint density at radius 1 is 0.919 bits per heavy atom. The number of likely N-dealkylation sites (tertiary alicyclic amines) is 1. The lowest BCUT2D eigenvalue weighted by Crippen LogP contribution is -2.31.